The van der Waals surface area contributed by atoms with E-state index in [1.807, 2.05) is 0 Å². The molecule has 22 heavy (non-hydrogen) atoms. The molecule has 1 aromatic rings. The summed E-state index contributed by atoms with van der Waals surface area (Å²) in [6, 6.07) is 2.39. The van der Waals surface area contributed by atoms with Crippen LogP contribution < -0.4 is 10.5 Å². The fourth-order valence-electron chi connectivity index (χ4n) is 2.09. The highest BCUT2D eigenvalue weighted by molar-refractivity contribution is 7.93. The molecule has 0 radical (unpaired) electrons. The van der Waals surface area contributed by atoms with Crippen LogP contribution in [0.2, 0.25) is 5.02 Å². The molecule has 2 rings (SSSR count). The molecule has 0 bridgehead atoms. The Bertz CT molecular complexity index is 711. The fraction of sp³-hybridized carbons (Fsp3) is 0.462. The van der Waals surface area contributed by atoms with Gasteiger partial charge in [-0.25, -0.2) is 13.2 Å². The molecule has 1 aliphatic rings. The Hall–Kier alpha value is -1.51. The monoisotopic (exact) mass is 349 g/mol. The normalized spacial score (nSPS) is 16.1. The van der Waals surface area contributed by atoms with Crippen molar-refractivity contribution in [3.05, 3.63) is 17.2 Å². The molecule has 0 spiro atoms. The summed E-state index contributed by atoms with van der Waals surface area (Å²) in [6.45, 7) is 3.68. The van der Waals surface area contributed by atoms with Crippen molar-refractivity contribution >= 4 is 27.5 Å². The van der Waals surface area contributed by atoms with Crippen LogP contribution in [0.5, 0.6) is 11.5 Å². The minimum Gasteiger partial charge on any atom is -0.503 e. The zero-order chi connectivity index (χ0) is 16.7. The lowest BCUT2D eigenvalue weighted by Crippen LogP contribution is -2.49. The van der Waals surface area contributed by atoms with E-state index in [1.165, 1.54) is 26.0 Å². The van der Waals surface area contributed by atoms with Crippen LogP contribution in [0.3, 0.4) is 0 Å². The van der Waals surface area contributed by atoms with Crippen LogP contribution in [0.25, 0.3) is 0 Å². The van der Waals surface area contributed by atoms with E-state index < -0.39 is 31.3 Å². The zero-order valence-electron chi connectivity index (χ0n) is 12.0. The molecule has 9 heteroatoms. The predicted molar refractivity (Wildman–Crippen MR) is 78.9 cm³/mol. The van der Waals surface area contributed by atoms with Crippen molar-refractivity contribution in [2.45, 2.75) is 23.5 Å². The molecule has 3 N–H and O–H groups in total. The first kappa shape index (κ1) is 16.9. The van der Waals surface area contributed by atoms with Gasteiger partial charge in [-0.1, -0.05) is 11.6 Å². The van der Waals surface area contributed by atoms with Crippen molar-refractivity contribution in [1.29, 1.82) is 0 Å². The Morgan fingerprint density at radius 3 is 2.50 bits per heavy atom. The van der Waals surface area contributed by atoms with Crippen molar-refractivity contribution in [3.63, 3.8) is 0 Å². The summed E-state index contributed by atoms with van der Waals surface area (Å²) in [7, 11) is -4.01. The van der Waals surface area contributed by atoms with Gasteiger partial charge in [0.05, 0.1) is 23.0 Å². The van der Waals surface area contributed by atoms with Crippen LogP contribution in [0.1, 0.15) is 13.8 Å². The van der Waals surface area contributed by atoms with Gasteiger partial charge >= 0.3 is 6.09 Å². The van der Waals surface area contributed by atoms with Crippen molar-refractivity contribution in [2.24, 2.45) is 11.7 Å². The number of aromatic hydroxyl groups is 1. The summed E-state index contributed by atoms with van der Waals surface area (Å²) in [6.07, 6.45) is -1.17. The molecule has 1 aliphatic heterocycles. The number of benzene rings is 1. The lowest BCUT2D eigenvalue weighted by molar-refractivity contribution is -0.0468. The third-order valence-corrected chi connectivity index (χ3v) is 6.94. The molecule has 1 fully saturated rings. The van der Waals surface area contributed by atoms with Crippen LogP contribution >= 0.6 is 11.6 Å². The van der Waals surface area contributed by atoms with Gasteiger partial charge in [-0.15, -0.1) is 0 Å². The van der Waals surface area contributed by atoms with Gasteiger partial charge in [-0.3, -0.25) is 0 Å². The number of rotatable bonds is 4. The van der Waals surface area contributed by atoms with Crippen molar-refractivity contribution in [1.82, 2.24) is 0 Å². The van der Waals surface area contributed by atoms with Gasteiger partial charge in [0.1, 0.15) is 4.90 Å². The van der Waals surface area contributed by atoms with E-state index in [9.17, 15) is 18.3 Å². The van der Waals surface area contributed by atoms with Crippen molar-refractivity contribution in [3.8, 4) is 11.5 Å². The number of phenols is 1. The summed E-state index contributed by atoms with van der Waals surface area (Å²) in [5, 5.41) is 10.00. The number of halogens is 1. The summed E-state index contributed by atoms with van der Waals surface area (Å²) in [5.41, 5.74) is 4.88. The SMILES string of the molecule is CC(C)(C1COC1)S(=O)(=O)c1c(Cl)ccc(OC(N)=O)c1O. The van der Waals surface area contributed by atoms with E-state index in [2.05, 4.69) is 4.74 Å². The number of sulfone groups is 1. The second-order valence-electron chi connectivity index (χ2n) is 5.49. The van der Waals surface area contributed by atoms with Gasteiger partial charge < -0.3 is 20.3 Å². The maximum Gasteiger partial charge on any atom is 0.410 e. The number of ether oxygens (including phenoxy) is 2. The van der Waals surface area contributed by atoms with Crippen molar-refractivity contribution < 1.29 is 27.8 Å². The quantitative estimate of drug-likeness (QED) is 0.854. The third-order valence-electron chi connectivity index (χ3n) is 3.84. The highest BCUT2D eigenvalue weighted by atomic mass is 35.5. The first-order valence-electron chi connectivity index (χ1n) is 6.40. The number of carbonyl (C=O) groups excluding carboxylic acids is 1. The highest BCUT2D eigenvalue weighted by Crippen LogP contribution is 2.45. The second-order valence-corrected chi connectivity index (χ2v) is 8.36. The maximum atomic E-state index is 12.9. The molecular weight excluding hydrogens is 334 g/mol. The number of nitrogens with two attached hydrogens (primary N) is 1. The lowest BCUT2D eigenvalue weighted by Gasteiger charge is -2.39. The van der Waals surface area contributed by atoms with Crippen LogP contribution in [0.4, 0.5) is 4.79 Å². The van der Waals surface area contributed by atoms with E-state index in [4.69, 9.17) is 22.1 Å². The smallest absolute Gasteiger partial charge is 0.410 e. The van der Waals surface area contributed by atoms with Gasteiger partial charge in [-0.05, 0) is 26.0 Å². The van der Waals surface area contributed by atoms with Crippen LogP contribution in [0, 0.1) is 5.92 Å². The van der Waals surface area contributed by atoms with Gasteiger partial charge in [0.25, 0.3) is 0 Å². The number of hydrogen-bond donors (Lipinski definition) is 2. The molecule has 0 aromatic heterocycles. The third kappa shape index (κ3) is 2.62. The topological polar surface area (TPSA) is 116 Å². The Kier molecular flexibility index (Phi) is 4.29. The fourth-order valence-corrected chi connectivity index (χ4v) is 4.33. The Labute approximate surface area is 132 Å². The zero-order valence-corrected chi connectivity index (χ0v) is 13.6. The Morgan fingerprint density at radius 2 is 2.05 bits per heavy atom. The maximum absolute atomic E-state index is 12.9. The molecule has 122 valence electrons. The van der Waals surface area contributed by atoms with Gasteiger partial charge in [0.2, 0.25) is 0 Å². The van der Waals surface area contributed by atoms with Gasteiger partial charge in [-0.2, -0.15) is 0 Å². The van der Waals surface area contributed by atoms with Gasteiger partial charge in [0.15, 0.2) is 21.3 Å². The lowest BCUT2D eigenvalue weighted by atomic mass is 9.93. The molecule has 0 atom stereocenters. The minimum atomic E-state index is -4.01. The average molecular weight is 350 g/mol. The van der Waals surface area contributed by atoms with E-state index >= 15 is 0 Å². The molecule has 1 heterocycles. The van der Waals surface area contributed by atoms with Crippen LogP contribution in [0.15, 0.2) is 17.0 Å². The number of primary amides is 1. The minimum absolute atomic E-state index is 0.164. The first-order chi connectivity index (χ1) is 10.1. The molecule has 1 aromatic carbocycles. The molecule has 1 amide bonds. The molecule has 1 saturated heterocycles. The van der Waals surface area contributed by atoms with Crippen molar-refractivity contribution in [2.75, 3.05) is 13.2 Å². The van der Waals surface area contributed by atoms with E-state index in [0.717, 1.165) is 0 Å². The standard InChI is InChI=1S/C13H16ClNO6S/c1-13(2,7-5-20-6-7)22(18,19)11-8(14)3-4-9(10(11)16)21-12(15)17/h3-4,7,16H,5-6H2,1-2H3,(H2,15,17). The number of carbonyl (C=O) groups is 1. The summed E-state index contributed by atoms with van der Waals surface area (Å²) < 4.78 is 34.2. The summed E-state index contributed by atoms with van der Waals surface area (Å²) >= 11 is 5.95. The van der Waals surface area contributed by atoms with E-state index in [0.29, 0.717) is 13.2 Å². The second kappa shape index (κ2) is 5.60. The van der Waals surface area contributed by atoms with Crippen LogP contribution in [-0.2, 0) is 14.6 Å². The largest absolute Gasteiger partial charge is 0.503 e. The first-order valence-corrected chi connectivity index (χ1v) is 8.26. The van der Waals surface area contributed by atoms with E-state index in [1.54, 1.807) is 0 Å². The number of phenolic OH excluding ortho intramolecular Hbond substituents is 1. The van der Waals surface area contributed by atoms with E-state index in [-0.39, 0.29) is 16.7 Å². The van der Waals surface area contributed by atoms with Crippen LogP contribution in [-0.4, -0.2) is 37.6 Å². The predicted octanol–water partition coefficient (Wildman–Crippen LogP) is 1.70. The summed E-state index contributed by atoms with van der Waals surface area (Å²) in [4.78, 5) is 10.3. The Balaban J connectivity index is 2.57. The molecule has 0 aliphatic carbocycles. The molecule has 0 saturated carbocycles. The summed E-state index contributed by atoms with van der Waals surface area (Å²) in [5.74, 6) is -1.33. The number of amides is 1. The Morgan fingerprint density at radius 1 is 1.45 bits per heavy atom. The number of hydrogen-bond acceptors (Lipinski definition) is 6. The molecule has 0 unspecified atom stereocenters. The molecular formula is C13H16ClNO6S. The molecule has 7 nitrogen and oxygen atoms in total. The van der Waals surface area contributed by atoms with Gasteiger partial charge in [0, 0.05) is 5.92 Å². The highest BCUT2D eigenvalue weighted by Gasteiger charge is 2.48. The average Bonchev–Trinajstić information content (AvgIpc) is 2.29.